The molecule has 0 spiro atoms. The Morgan fingerprint density at radius 1 is 1.50 bits per heavy atom. The third-order valence-electron chi connectivity index (χ3n) is 1.91. The van der Waals surface area contributed by atoms with Crippen LogP contribution in [0.25, 0.3) is 0 Å². The van der Waals surface area contributed by atoms with Crippen molar-refractivity contribution in [2.24, 2.45) is 5.92 Å². The fraction of sp³-hybridized carbons (Fsp3) is 0.556. The number of aliphatic hydroxyl groups is 1. The van der Waals surface area contributed by atoms with Gasteiger partial charge in [-0.25, -0.2) is 0 Å². The Morgan fingerprint density at radius 3 is 2.80 bits per heavy atom. The van der Waals surface area contributed by atoms with Crippen LogP contribution in [0.4, 0.5) is 0 Å². The Bertz CT molecular complexity index is 138. The van der Waals surface area contributed by atoms with Gasteiger partial charge in [0.05, 0.1) is 6.10 Å². The van der Waals surface area contributed by atoms with Gasteiger partial charge in [-0.3, -0.25) is 0 Å². The van der Waals surface area contributed by atoms with Crippen LogP contribution in [0.2, 0.25) is 0 Å². The molecule has 0 unspecified atom stereocenters. The van der Waals surface area contributed by atoms with E-state index < -0.39 is 0 Å². The minimum absolute atomic E-state index is 0.193. The van der Waals surface area contributed by atoms with Gasteiger partial charge in [-0.15, -0.1) is 6.58 Å². The average Bonchev–Trinajstić information content (AvgIpc) is 1.95. The molecular weight excluding hydrogens is 124 g/mol. The normalized spacial score (nSPS) is 32.1. The summed E-state index contributed by atoms with van der Waals surface area (Å²) in [6.07, 6.45) is 8.78. The predicted octanol–water partition coefficient (Wildman–Crippen LogP) is 1.89. The molecule has 1 rings (SSSR count). The van der Waals surface area contributed by atoms with Gasteiger partial charge in [0.25, 0.3) is 0 Å². The first-order valence-corrected chi connectivity index (χ1v) is 3.80. The monoisotopic (exact) mass is 138 g/mol. The van der Waals surface area contributed by atoms with E-state index in [-0.39, 0.29) is 6.10 Å². The van der Waals surface area contributed by atoms with E-state index in [1.807, 2.05) is 12.2 Å². The molecule has 10 heavy (non-hydrogen) atoms. The predicted molar refractivity (Wildman–Crippen MR) is 42.7 cm³/mol. The molecule has 56 valence electrons. The Morgan fingerprint density at radius 2 is 2.30 bits per heavy atom. The van der Waals surface area contributed by atoms with Crippen LogP contribution in [-0.2, 0) is 0 Å². The molecule has 1 aliphatic carbocycles. The first kappa shape index (κ1) is 7.55. The van der Waals surface area contributed by atoms with E-state index in [2.05, 4.69) is 12.7 Å². The molecule has 1 N–H and O–H groups in total. The molecule has 0 aliphatic heterocycles. The third kappa shape index (κ3) is 1.99. The van der Waals surface area contributed by atoms with Crippen LogP contribution < -0.4 is 0 Å². The maximum atomic E-state index is 9.08. The second-order valence-corrected chi connectivity index (χ2v) is 2.81. The van der Waals surface area contributed by atoms with E-state index in [0.29, 0.717) is 5.92 Å². The number of hydrogen-bond donors (Lipinski definition) is 1. The van der Waals surface area contributed by atoms with Crippen molar-refractivity contribution in [1.29, 1.82) is 0 Å². The summed E-state index contributed by atoms with van der Waals surface area (Å²) in [5.41, 5.74) is 0. The van der Waals surface area contributed by atoms with Crippen molar-refractivity contribution in [3.63, 3.8) is 0 Å². The highest BCUT2D eigenvalue weighted by Gasteiger charge is 2.11. The smallest absolute Gasteiger partial charge is 0.0721 e. The molecule has 1 heteroatoms. The number of rotatable bonds is 2. The third-order valence-corrected chi connectivity index (χ3v) is 1.91. The van der Waals surface area contributed by atoms with Crippen molar-refractivity contribution in [2.45, 2.75) is 25.4 Å². The Hall–Kier alpha value is -0.560. The Kier molecular flexibility index (Phi) is 2.69. The minimum atomic E-state index is -0.193. The lowest BCUT2D eigenvalue weighted by Crippen LogP contribution is -2.11. The molecule has 0 saturated heterocycles. The van der Waals surface area contributed by atoms with E-state index in [1.165, 1.54) is 0 Å². The van der Waals surface area contributed by atoms with Crippen molar-refractivity contribution in [3.8, 4) is 0 Å². The van der Waals surface area contributed by atoms with Crippen molar-refractivity contribution >= 4 is 0 Å². The van der Waals surface area contributed by atoms with Crippen LogP contribution in [0, 0.1) is 5.92 Å². The summed E-state index contributed by atoms with van der Waals surface area (Å²) in [5, 5.41) is 9.08. The largest absolute Gasteiger partial charge is 0.389 e. The topological polar surface area (TPSA) is 20.2 Å². The molecule has 1 aliphatic rings. The maximum absolute atomic E-state index is 9.08. The van der Waals surface area contributed by atoms with Crippen LogP contribution in [0.15, 0.2) is 24.8 Å². The van der Waals surface area contributed by atoms with E-state index in [4.69, 9.17) is 5.11 Å². The van der Waals surface area contributed by atoms with E-state index >= 15 is 0 Å². The zero-order valence-electron chi connectivity index (χ0n) is 6.16. The van der Waals surface area contributed by atoms with Crippen LogP contribution in [0.3, 0.4) is 0 Å². The van der Waals surface area contributed by atoms with Gasteiger partial charge in [0, 0.05) is 0 Å². The fourth-order valence-electron chi connectivity index (χ4n) is 1.27. The van der Waals surface area contributed by atoms with E-state index in [1.54, 1.807) is 0 Å². The highest BCUT2D eigenvalue weighted by Crippen LogP contribution is 2.20. The van der Waals surface area contributed by atoms with Gasteiger partial charge in [0.2, 0.25) is 0 Å². The van der Waals surface area contributed by atoms with Crippen molar-refractivity contribution < 1.29 is 5.11 Å². The molecule has 0 saturated carbocycles. The second-order valence-electron chi connectivity index (χ2n) is 2.81. The number of aliphatic hydroxyl groups excluding tert-OH is 1. The minimum Gasteiger partial charge on any atom is -0.389 e. The summed E-state index contributed by atoms with van der Waals surface area (Å²) >= 11 is 0. The number of allylic oxidation sites excluding steroid dienone is 2. The maximum Gasteiger partial charge on any atom is 0.0721 e. The lowest BCUT2D eigenvalue weighted by atomic mass is 9.92. The Labute approximate surface area is 62.1 Å². The fourth-order valence-corrected chi connectivity index (χ4v) is 1.27. The molecule has 0 aromatic rings. The lowest BCUT2D eigenvalue weighted by molar-refractivity contribution is 0.195. The summed E-state index contributed by atoms with van der Waals surface area (Å²) in [7, 11) is 0. The van der Waals surface area contributed by atoms with Gasteiger partial charge in [-0.05, 0) is 25.2 Å². The summed E-state index contributed by atoms with van der Waals surface area (Å²) in [6, 6.07) is 0. The molecule has 0 amide bonds. The summed E-state index contributed by atoms with van der Waals surface area (Å²) < 4.78 is 0. The number of hydrogen-bond acceptors (Lipinski definition) is 1. The first-order chi connectivity index (χ1) is 4.83. The molecule has 0 fully saturated rings. The molecule has 2 atom stereocenters. The van der Waals surface area contributed by atoms with Gasteiger partial charge >= 0.3 is 0 Å². The SMILES string of the molecule is C=CC[C@H]1C=C[C@H](O)CC1. The van der Waals surface area contributed by atoms with Crippen LogP contribution in [0.1, 0.15) is 19.3 Å². The summed E-state index contributed by atoms with van der Waals surface area (Å²) in [4.78, 5) is 0. The zero-order chi connectivity index (χ0) is 7.40. The molecule has 0 radical (unpaired) electrons. The van der Waals surface area contributed by atoms with Gasteiger partial charge in [0.1, 0.15) is 0 Å². The molecule has 0 bridgehead atoms. The van der Waals surface area contributed by atoms with E-state index in [0.717, 1.165) is 19.3 Å². The molecular formula is C9H14O. The molecule has 1 nitrogen and oxygen atoms in total. The summed E-state index contributed by atoms with van der Waals surface area (Å²) in [6.45, 7) is 3.68. The zero-order valence-corrected chi connectivity index (χ0v) is 6.16. The second kappa shape index (κ2) is 3.57. The van der Waals surface area contributed by atoms with Crippen molar-refractivity contribution in [1.82, 2.24) is 0 Å². The van der Waals surface area contributed by atoms with Gasteiger partial charge in [-0.2, -0.15) is 0 Å². The molecule has 0 aromatic heterocycles. The lowest BCUT2D eigenvalue weighted by Gasteiger charge is -2.17. The van der Waals surface area contributed by atoms with Crippen LogP contribution in [-0.4, -0.2) is 11.2 Å². The summed E-state index contributed by atoms with van der Waals surface area (Å²) in [5.74, 6) is 0.626. The molecule has 0 heterocycles. The van der Waals surface area contributed by atoms with Crippen molar-refractivity contribution in [2.75, 3.05) is 0 Å². The quantitative estimate of drug-likeness (QED) is 0.578. The first-order valence-electron chi connectivity index (χ1n) is 3.80. The average molecular weight is 138 g/mol. The van der Waals surface area contributed by atoms with Crippen LogP contribution in [0.5, 0.6) is 0 Å². The van der Waals surface area contributed by atoms with Gasteiger partial charge in [-0.1, -0.05) is 18.2 Å². The van der Waals surface area contributed by atoms with Gasteiger partial charge in [0.15, 0.2) is 0 Å². The molecule has 0 aromatic carbocycles. The van der Waals surface area contributed by atoms with Crippen LogP contribution >= 0.6 is 0 Å². The highest BCUT2D eigenvalue weighted by atomic mass is 16.3. The standard InChI is InChI=1S/C9H14O/c1-2-3-8-4-6-9(10)7-5-8/h2,4,6,8-10H,1,3,5,7H2/t8-,9-/m0/s1. The highest BCUT2D eigenvalue weighted by molar-refractivity contribution is 4.99. The van der Waals surface area contributed by atoms with E-state index in [9.17, 15) is 0 Å². The van der Waals surface area contributed by atoms with Gasteiger partial charge < -0.3 is 5.11 Å². The Balaban J connectivity index is 2.37. The van der Waals surface area contributed by atoms with Crippen molar-refractivity contribution in [3.05, 3.63) is 24.8 Å².